The molecule has 0 radical (unpaired) electrons. The predicted octanol–water partition coefficient (Wildman–Crippen LogP) is 3.26. The first-order chi connectivity index (χ1) is 9.65. The second-order valence-corrected chi connectivity index (χ2v) is 5.39. The van der Waals surface area contributed by atoms with Crippen molar-refractivity contribution >= 4 is 17.1 Å². The van der Waals surface area contributed by atoms with Gasteiger partial charge in [0.15, 0.2) is 0 Å². The summed E-state index contributed by atoms with van der Waals surface area (Å²) in [5.74, 6) is 6.07. The van der Waals surface area contributed by atoms with E-state index in [1.807, 2.05) is 0 Å². The molecule has 110 valence electrons. The fourth-order valence-corrected chi connectivity index (χ4v) is 2.99. The van der Waals surface area contributed by atoms with Gasteiger partial charge in [0.2, 0.25) is 0 Å². The summed E-state index contributed by atoms with van der Waals surface area (Å²) in [7, 11) is 0. The van der Waals surface area contributed by atoms with Gasteiger partial charge in [-0.25, -0.2) is 0 Å². The molecule has 1 aliphatic carbocycles. The summed E-state index contributed by atoms with van der Waals surface area (Å²) >= 11 is 0. The summed E-state index contributed by atoms with van der Waals surface area (Å²) in [6, 6.07) is 5.43. The first-order valence-corrected chi connectivity index (χ1v) is 7.16. The Morgan fingerprint density at radius 1 is 1.40 bits per heavy atom. The molecule has 1 saturated carbocycles. The van der Waals surface area contributed by atoms with Gasteiger partial charge in [0.1, 0.15) is 11.4 Å². The van der Waals surface area contributed by atoms with Crippen LogP contribution < -0.4 is 16.6 Å². The molecule has 6 nitrogen and oxygen atoms in total. The van der Waals surface area contributed by atoms with Crippen LogP contribution in [-0.4, -0.2) is 11.0 Å². The molecule has 0 aromatic heterocycles. The number of hydrazine groups is 1. The molecule has 0 spiro atoms. The number of hydrogen-bond acceptors (Lipinski definition) is 5. The van der Waals surface area contributed by atoms with Crippen LogP contribution in [0.5, 0.6) is 0 Å². The maximum atomic E-state index is 11.2. The van der Waals surface area contributed by atoms with E-state index < -0.39 is 4.92 Å². The third-order valence-corrected chi connectivity index (χ3v) is 4.09. The normalized spacial score (nSPS) is 22.3. The van der Waals surface area contributed by atoms with Crippen molar-refractivity contribution in [2.45, 2.75) is 45.1 Å². The molecular weight excluding hydrogens is 256 g/mol. The lowest BCUT2D eigenvalue weighted by Crippen LogP contribution is -2.27. The monoisotopic (exact) mass is 278 g/mol. The Balaban J connectivity index is 2.18. The topological polar surface area (TPSA) is 93.2 Å². The number of nitrogens with two attached hydrogens (primary N) is 1. The van der Waals surface area contributed by atoms with Crippen LogP contribution in [0, 0.1) is 16.0 Å². The number of nitrogen functional groups attached to an aromatic ring is 1. The Morgan fingerprint density at radius 2 is 2.15 bits per heavy atom. The van der Waals surface area contributed by atoms with Crippen molar-refractivity contribution in [3.05, 3.63) is 28.3 Å². The van der Waals surface area contributed by atoms with Gasteiger partial charge in [-0.1, -0.05) is 32.3 Å². The first-order valence-electron chi connectivity index (χ1n) is 7.16. The average Bonchev–Trinajstić information content (AvgIpc) is 2.46. The van der Waals surface area contributed by atoms with E-state index in [1.165, 1.54) is 19.3 Å². The van der Waals surface area contributed by atoms with Gasteiger partial charge in [-0.05, 0) is 30.9 Å². The van der Waals surface area contributed by atoms with Gasteiger partial charge < -0.3 is 10.7 Å². The second-order valence-electron chi connectivity index (χ2n) is 5.39. The molecule has 6 heteroatoms. The van der Waals surface area contributed by atoms with Gasteiger partial charge in [0, 0.05) is 6.04 Å². The third-order valence-electron chi connectivity index (χ3n) is 4.09. The molecule has 0 bridgehead atoms. The van der Waals surface area contributed by atoms with Crippen molar-refractivity contribution < 1.29 is 4.92 Å². The Labute approximate surface area is 118 Å². The largest absolute Gasteiger partial charge is 0.377 e. The zero-order chi connectivity index (χ0) is 14.5. The summed E-state index contributed by atoms with van der Waals surface area (Å²) in [5.41, 5.74) is 3.30. The predicted molar refractivity (Wildman–Crippen MR) is 80.6 cm³/mol. The Kier molecular flexibility index (Phi) is 4.79. The van der Waals surface area contributed by atoms with E-state index in [-0.39, 0.29) is 5.69 Å². The smallest absolute Gasteiger partial charge is 0.316 e. The Hall–Kier alpha value is -1.82. The molecule has 2 atom stereocenters. The number of anilines is 2. The van der Waals surface area contributed by atoms with E-state index in [9.17, 15) is 10.1 Å². The minimum atomic E-state index is -0.391. The highest BCUT2D eigenvalue weighted by Gasteiger charge is 2.25. The highest BCUT2D eigenvalue weighted by Crippen LogP contribution is 2.35. The molecule has 1 fully saturated rings. The number of rotatable bonds is 5. The molecule has 2 rings (SSSR count). The minimum absolute atomic E-state index is 0.0219. The number of nitrogens with zero attached hydrogens (tertiary/aromatic N) is 1. The molecule has 2 unspecified atom stereocenters. The molecule has 1 aromatic carbocycles. The van der Waals surface area contributed by atoms with Crippen molar-refractivity contribution in [3.8, 4) is 0 Å². The zero-order valence-electron chi connectivity index (χ0n) is 11.8. The molecule has 20 heavy (non-hydrogen) atoms. The van der Waals surface area contributed by atoms with Crippen molar-refractivity contribution in [1.82, 2.24) is 0 Å². The lowest BCUT2D eigenvalue weighted by atomic mass is 9.84. The molecule has 4 N–H and O–H groups in total. The summed E-state index contributed by atoms with van der Waals surface area (Å²) in [4.78, 5) is 10.8. The quantitative estimate of drug-likeness (QED) is 0.436. The van der Waals surface area contributed by atoms with Crippen LogP contribution in [-0.2, 0) is 0 Å². The van der Waals surface area contributed by atoms with Crippen molar-refractivity contribution in [2.75, 3.05) is 10.7 Å². The summed E-state index contributed by atoms with van der Waals surface area (Å²) in [6.45, 7) is 2.20. The second kappa shape index (κ2) is 6.56. The minimum Gasteiger partial charge on any atom is -0.377 e. The maximum Gasteiger partial charge on any atom is 0.316 e. The van der Waals surface area contributed by atoms with E-state index in [0.29, 0.717) is 17.4 Å². The number of benzene rings is 1. The van der Waals surface area contributed by atoms with E-state index >= 15 is 0 Å². The molecule has 0 amide bonds. The number of nitrogens with one attached hydrogen (secondary N) is 2. The number of nitro groups is 1. The van der Waals surface area contributed by atoms with Crippen molar-refractivity contribution in [3.63, 3.8) is 0 Å². The fraction of sp³-hybridized carbons (Fsp3) is 0.571. The van der Waals surface area contributed by atoms with E-state index in [4.69, 9.17) is 5.84 Å². The Morgan fingerprint density at radius 3 is 2.80 bits per heavy atom. The van der Waals surface area contributed by atoms with Gasteiger partial charge in [0.05, 0.1) is 4.92 Å². The van der Waals surface area contributed by atoms with Crippen LogP contribution in [0.25, 0.3) is 0 Å². The highest BCUT2D eigenvalue weighted by molar-refractivity contribution is 5.76. The van der Waals surface area contributed by atoms with Crippen LogP contribution in [0.2, 0.25) is 0 Å². The first kappa shape index (κ1) is 14.6. The standard InChI is InChI=1S/C14H22N4O2/c1-2-10-5-3-6-11(9-10)16-12-7-4-8-13(17-15)14(12)18(19)20/h4,7-8,10-11,16-17H,2-3,5-6,9,15H2,1H3. The average molecular weight is 278 g/mol. The molecule has 1 aromatic rings. The van der Waals surface area contributed by atoms with Crippen LogP contribution in [0.3, 0.4) is 0 Å². The number of para-hydroxylation sites is 1. The SMILES string of the molecule is CCC1CCCC(Nc2cccc(NN)c2[N+](=O)[O-])C1. The van der Waals surface area contributed by atoms with Crippen molar-refractivity contribution in [2.24, 2.45) is 11.8 Å². The maximum absolute atomic E-state index is 11.2. The van der Waals surface area contributed by atoms with Crippen molar-refractivity contribution in [1.29, 1.82) is 0 Å². The van der Waals surface area contributed by atoms with E-state index in [2.05, 4.69) is 17.7 Å². The fourth-order valence-electron chi connectivity index (χ4n) is 2.99. The summed E-state index contributed by atoms with van der Waals surface area (Å²) < 4.78 is 0. The zero-order valence-corrected chi connectivity index (χ0v) is 11.8. The van der Waals surface area contributed by atoms with Gasteiger partial charge in [-0.3, -0.25) is 16.0 Å². The Bertz CT molecular complexity index is 478. The molecule has 0 aliphatic heterocycles. The summed E-state index contributed by atoms with van der Waals surface area (Å²) in [6.07, 6.45) is 5.76. The van der Waals surface area contributed by atoms with Crippen LogP contribution >= 0.6 is 0 Å². The molecule has 0 heterocycles. The van der Waals surface area contributed by atoms with Gasteiger partial charge >= 0.3 is 5.69 Å². The van der Waals surface area contributed by atoms with Crippen LogP contribution in [0.4, 0.5) is 17.1 Å². The van der Waals surface area contributed by atoms with Gasteiger partial charge in [-0.2, -0.15) is 0 Å². The van der Waals surface area contributed by atoms with Gasteiger partial charge in [-0.15, -0.1) is 0 Å². The number of hydrogen-bond donors (Lipinski definition) is 3. The van der Waals surface area contributed by atoms with Crippen LogP contribution in [0.15, 0.2) is 18.2 Å². The summed E-state index contributed by atoms with van der Waals surface area (Å²) in [5, 5.41) is 14.6. The molecule has 1 aliphatic rings. The lowest BCUT2D eigenvalue weighted by molar-refractivity contribution is -0.383. The molecular formula is C14H22N4O2. The van der Waals surface area contributed by atoms with E-state index in [1.54, 1.807) is 18.2 Å². The molecule has 0 saturated heterocycles. The number of nitro benzene ring substituents is 1. The van der Waals surface area contributed by atoms with Gasteiger partial charge in [0.25, 0.3) is 0 Å². The highest BCUT2D eigenvalue weighted by atomic mass is 16.6. The third kappa shape index (κ3) is 3.19. The lowest BCUT2D eigenvalue weighted by Gasteiger charge is -2.29. The van der Waals surface area contributed by atoms with Crippen LogP contribution in [0.1, 0.15) is 39.0 Å². The van der Waals surface area contributed by atoms with E-state index in [0.717, 1.165) is 18.8 Å².